The van der Waals surface area contributed by atoms with Crippen molar-refractivity contribution in [1.82, 2.24) is 4.90 Å². The Bertz CT molecular complexity index is 67.4. The zero-order valence-corrected chi connectivity index (χ0v) is 16.4. The number of ether oxygens (including phenoxy) is 1. The second-order valence-corrected chi connectivity index (χ2v) is 1.92. The summed E-state index contributed by atoms with van der Waals surface area (Å²) in [5.41, 5.74) is 0. The molecule has 0 N–H and O–H groups in total. The second-order valence-electron chi connectivity index (χ2n) is 1.92. The maximum Gasteiger partial charge on any atom is 0.0594 e. The van der Waals surface area contributed by atoms with Crippen molar-refractivity contribution in [3.63, 3.8) is 0 Å². The quantitative estimate of drug-likeness (QED) is 0.428. The van der Waals surface area contributed by atoms with Crippen LogP contribution < -0.4 is 0 Å². The third kappa shape index (κ3) is 52.0. The Labute approximate surface area is 441 Å². The Kier molecular flexibility index (Phi) is 223. The van der Waals surface area contributed by atoms with Gasteiger partial charge in [0, 0.05) is 428 Å². The average Bonchev–Trinajstić information content (AvgIpc) is 1.69. The fraction of sp³-hybridized carbons (Fsp3) is 1.00. The van der Waals surface area contributed by atoms with E-state index in [9.17, 15) is 0 Å². The smallest absolute Gasteiger partial charge is 0.0594 e. The summed E-state index contributed by atoms with van der Waals surface area (Å²) in [5, 5.41) is 0. The van der Waals surface area contributed by atoms with Gasteiger partial charge < -0.3 is 9.64 Å². The summed E-state index contributed by atoms with van der Waals surface area (Å²) >= 11 is 0. The first-order chi connectivity index (χ1) is 3.39. The Morgan fingerprint density at radius 1 is 0.556 bits per heavy atom. The topological polar surface area (TPSA) is 12.5 Å². The van der Waals surface area contributed by atoms with Gasteiger partial charge >= 0.3 is 0 Å². The van der Waals surface area contributed by atoms with Gasteiger partial charge in [0.05, 0.1) is 13.2 Å². The molecule has 2 nitrogen and oxygen atoms in total. The molecule has 18 heavy (non-hydrogen) atoms. The van der Waals surface area contributed by atoms with Gasteiger partial charge in [0.2, 0.25) is 0 Å². The van der Waals surface area contributed by atoms with Crippen LogP contribution >= 0.6 is 0 Å². The molecule has 0 atom stereocenters. The number of morpholine rings is 1. The van der Waals surface area contributed by atoms with Crippen LogP contribution in [-0.2, 0) is 4.74 Å². The van der Waals surface area contributed by atoms with Crippen LogP contribution in [0, 0.1) is 415 Å². The first-order valence-electron chi connectivity index (χ1n) is 2.66. The van der Waals surface area contributed by atoms with Gasteiger partial charge in [-0.3, -0.25) is 0 Å². The molecular formula is C5H11Ar11NO. The molecule has 0 radical (unpaired) electrons. The van der Waals surface area contributed by atoms with Crippen molar-refractivity contribution >= 4 is 0 Å². The third-order valence-electron chi connectivity index (χ3n) is 1.23. The van der Waals surface area contributed by atoms with Crippen molar-refractivity contribution in [3.05, 3.63) is 0 Å². The van der Waals surface area contributed by atoms with E-state index in [-0.39, 0.29) is 415 Å². The molecule has 0 bridgehead atoms. The second kappa shape index (κ2) is 57.5. The number of hydrogen-bond acceptors (Lipinski definition) is 2. The van der Waals surface area contributed by atoms with E-state index in [4.69, 9.17) is 4.74 Å². The molecule has 1 rings (SSSR count). The zero-order valence-electron chi connectivity index (χ0n) is 8.57. The van der Waals surface area contributed by atoms with Gasteiger partial charge in [0.1, 0.15) is 0 Å². The minimum atomic E-state index is 0. The first-order valence-corrected chi connectivity index (χ1v) is 2.66. The molecule has 1 aliphatic heterocycles. The van der Waals surface area contributed by atoms with Crippen molar-refractivity contribution in [2.75, 3.05) is 33.4 Å². The maximum absolute atomic E-state index is 5.10. The molecule has 0 saturated carbocycles. The number of rotatable bonds is 0. The maximum atomic E-state index is 5.10. The van der Waals surface area contributed by atoms with Crippen molar-refractivity contribution in [1.29, 1.82) is 0 Å². The first kappa shape index (κ1) is 69.7. The molecule has 1 aliphatic rings. The molecule has 0 aromatic carbocycles. The molecule has 0 aromatic rings. The molecule has 130 valence electrons. The molecule has 1 fully saturated rings. The summed E-state index contributed by atoms with van der Waals surface area (Å²) in [6, 6.07) is 0. The van der Waals surface area contributed by atoms with Gasteiger partial charge in [-0.25, -0.2) is 0 Å². The van der Waals surface area contributed by atoms with Crippen molar-refractivity contribution < 1.29 is 420 Å². The summed E-state index contributed by atoms with van der Waals surface area (Å²) in [7, 11) is 2.11. The van der Waals surface area contributed by atoms with E-state index in [0.29, 0.717) is 0 Å². The summed E-state index contributed by atoms with van der Waals surface area (Å²) in [4.78, 5) is 2.27. The summed E-state index contributed by atoms with van der Waals surface area (Å²) < 4.78 is 5.10. The standard InChI is InChI=1S/C5H11NO.11Ar/c1-6-2-4-7-5-3-6;;;;;;;;;;;/h2-5H2,1H3;;;;;;;;;;;. The summed E-state index contributed by atoms with van der Waals surface area (Å²) in [6.45, 7) is 4.02. The van der Waals surface area contributed by atoms with E-state index in [2.05, 4.69) is 11.9 Å². The van der Waals surface area contributed by atoms with E-state index in [1.807, 2.05) is 0 Å². The largest absolute Gasteiger partial charge is 0.379 e. The molecule has 1 saturated heterocycles. The van der Waals surface area contributed by atoms with Crippen LogP contribution in [0.3, 0.4) is 0 Å². The third-order valence-corrected chi connectivity index (χ3v) is 1.23. The van der Waals surface area contributed by atoms with Crippen molar-refractivity contribution in [2.24, 2.45) is 0 Å². The molecule has 0 aromatic heterocycles. The molecular weight excluding hydrogens is 529 g/mol. The van der Waals surface area contributed by atoms with Gasteiger partial charge in [-0.15, -0.1) is 0 Å². The van der Waals surface area contributed by atoms with Gasteiger partial charge in [0.15, 0.2) is 0 Å². The Balaban J connectivity index is -0.00000000495. The van der Waals surface area contributed by atoms with E-state index < -0.39 is 0 Å². The van der Waals surface area contributed by atoms with Crippen LogP contribution in [0.5, 0.6) is 0 Å². The fourth-order valence-electron chi connectivity index (χ4n) is 0.655. The molecule has 13 heteroatoms. The van der Waals surface area contributed by atoms with E-state index in [1.165, 1.54) is 0 Å². The van der Waals surface area contributed by atoms with Crippen LogP contribution in [0.4, 0.5) is 0 Å². The van der Waals surface area contributed by atoms with Gasteiger partial charge in [-0.1, -0.05) is 0 Å². The SMILES string of the molecule is CN1CCOCC1.[Ar].[Ar].[Ar].[Ar].[Ar].[Ar].[Ar].[Ar].[Ar].[Ar].[Ar]. The van der Waals surface area contributed by atoms with E-state index in [0.717, 1.165) is 26.3 Å². The van der Waals surface area contributed by atoms with Crippen molar-refractivity contribution in [3.8, 4) is 0 Å². The van der Waals surface area contributed by atoms with Crippen LogP contribution in [0.2, 0.25) is 0 Å². The van der Waals surface area contributed by atoms with Gasteiger partial charge in [-0.2, -0.15) is 0 Å². The molecule has 0 unspecified atom stereocenters. The van der Waals surface area contributed by atoms with Crippen LogP contribution in [0.15, 0.2) is 0 Å². The van der Waals surface area contributed by atoms with Gasteiger partial charge in [0.25, 0.3) is 0 Å². The summed E-state index contributed by atoms with van der Waals surface area (Å²) in [6.07, 6.45) is 0. The molecule has 0 spiro atoms. The minimum absolute atomic E-state index is 0. The van der Waals surface area contributed by atoms with Crippen molar-refractivity contribution in [2.45, 2.75) is 0 Å². The van der Waals surface area contributed by atoms with Crippen LogP contribution in [-0.4, -0.2) is 38.3 Å². The normalized spacial score (nSPS) is 9.83. The van der Waals surface area contributed by atoms with E-state index in [1.54, 1.807) is 0 Å². The Hall–Kier alpha value is 13.8. The van der Waals surface area contributed by atoms with Crippen LogP contribution in [0.1, 0.15) is 0 Å². The predicted molar refractivity (Wildman–Crippen MR) is 28.3 cm³/mol. The number of hydrogen-bond donors (Lipinski definition) is 0. The van der Waals surface area contributed by atoms with Crippen LogP contribution in [0.25, 0.3) is 0 Å². The van der Waals surface area contributed by atoms with Gasteiger partial charge in [-0.05, 0) is 7.05 Å². The zero-order chi connectivity index (χ0) is 5.11. The monoisotopic (exact) mass is 541 g/mol. The number of nitrogens with zero attached hydrogens (tertiary/aromatic N) is 1. The fourth-order valence-corrected chi connectivity index (χ4v) is 0.655. The Morgan fingerprint density at radius 3 is 0.889 bits per heavy atom. The molecule has 1 heterocycles. The minimum Gasteiger partial charge on any atom is -0.379 e. The predicted octanol–water partition coefficient (Wildman–Crippen LogP) is -0.0516. The molecule has 0 aliphatic carbocycles. The van der Waals surface area contributed by atoms with E-state index >= 15 is 0 Å². The number of likely N-dealkylation sites (N-methyl/N-ethyl adjacent to an activating group) is 1. The molecule has 0 amide bonds. The Morgan fingerprint density at radius 2 is 0.778 bits per heavy atom. The summed E-state index contributed by atoms with van der Waals surface area (Å²) in [5.74, 6) is 0. The average molecular weight is 541 g/mol.